The molecule has 1 heterocycles. The van der Waals surface area contributed by atoms with Crippen LogP contribution in [-0.2, 0) is 4.74 Å². The summed E-state index contributed by atoms with van der Waals surface area (Å²) in [5.41, 5.74) is -0.420. The van der Waals surface area contributed by atoms with E-state index < -0.39 is 16.9 Å². The van der Waals surface area contributed by atoms with Crippen LogP contribution in [0.3, 0.4) is 0 Å². The minimum Gasteiger partial charge on any atom is -0.389 e. The second kappa shape index (κ2) is 7.13. The van der Waals surface area contributed by atoms with Crippen LogP contribution < -0.4 is 0 Å². The molecule has 20 heavy (non-hydrogen) atoms. The van der Waals surface area contributed by atoms with E-state index in [1.807, 2.05) is 0 Å². The first-order valence-electron chi connectivity index (χ1n) is 5.59. The Balaban J connectivity index is 2.90. The highest BCUT2D eigenvalue weighted by atomic mass is 35.5. The molecule has 0 bridgehead atoms. The van der Waals surface area contributed by atoms with Gasteiger partial charge >= 0.3 is 0 Å². The molecule has 0 fully saturated rings. The standard InChI is InChI=1S/C11H14ClN3O5/c1-14(5-8(16)6-20-2)11(17)9-3-7(15(18)19)4-13-10(9)12/h3-4,8,16H,5-6H2,1-2H3. The second-order valence-electron chi connectivity index (χ2n) is 4.08. The van der Waals surface area contributed by atoms with Gasteiger partial charge in [0.2, 0.25) is 0 Å². The zero-order chi connectivity index (χ0) is 15.3. The molecule has 0 radical (unpaired) electrons. The molecule has 1 rings (SSSR count). The lowest BCUT2D eigenvalue weighted by atomic mass is 10.2. The van der Waals surface area contributed by atoms with Crippen molar-refractivity contribution in [3.05, 3.63) is 33.1 Å². The Morgan fingerprint density at radius 2 is 2.35 bits per heavy atom. The lowest BCUT2D eigenvalue weighted by molar-refractivity contribution is -0.385. The fourth-order valence-electron chi connectivity index (χ4n) is 1.54. The van der Waals surface area contributed by atoms with Gasteiger partial charge in [0.1, 0.15) is 11.3 Å². The zero-order valence-corrected chi connectivity index (χ0v) is 11.7. The number of aliphatic hydroxyl groups is 1. The van der Waals surface area contributed by atoms with Crippen molar-refractivity contribution >= 4 is 23.2 Å². The van der Waals surface area contributed by atoms with Crippen LogP contribution in [0, 0.1) is 10.1 Å². The molecule has 1 unspecified atom stereocenters. The summed E-state index contributed by atoms with van der Waals surface area (Å²) in [6.07, 6.45) is 0.109. The SMILES string of the molecule is COCC(O)CN(C)C(=O)c1cc([N+](=O)[O-])cnc1Cl. The van der Waals surface area contributed by atoms with Gasteiger partial charge < -0.3 is 14.7 Å². The highest BCUT2D eigenvalue weighted by molar-refractivity contribution is 6.32. The largest absolute Gasteiger partial charge is 0.389 e. The van der Waals surface area contributed by atoms with E-state index in [1.54, 1.807) is 0 Å². The van der Waals surface area contributed by atoms with E-state index in [9.17, 15) is 20.0 Å². The van der Waals surface area contributed by atoms with Crippen LogP contribution in [-0.4, -0.2) is 59.2 Å². The van der Waals surface area contributed by atoms with Gasteiger partial charge in [-0.2, -0.15) is 0 Å². The van der Waals surface area contributed by atoms with Gasteiger partial charge in [-0.05, 0) is 0 Å². The summed E-state index contributed by atoms with van der Waals surface area (Å²) < 4.78 is 4.75. The average Bonchev–Trinajstić information content (AvgIpc) is 2.38. The minimum atomic E-state index is -0.862. The lowest BCUT2D eigenvalue weighted by Gasteiger charge is -2.20. The van der Waals surface area contributed by atoms with E-state index >= 15 is 0 Å². The maximum Gasteiger partial charge on any atom is 0.288 e. The number of hydrogen-bond donors (Lipinski definition) is 1. The van der Waals surface area contributed by atoms with Gasteiger partial charge in [0.15, 0.2) is 0 Å². The van der Waals surface area contributed by atoms with Gasteiger partial charge in [-0.1, -0.05) is 11.6 Å². The van der Waals surface area contributed by atoms with Crippen LogP contribution in [0.5, 0.6) is 0 Å². The van der Waals surface area contributed by atoms with Gasteiger partial charge in [-0.3, -0.25) is 14.9 Å². The van der Waals surface area contributed by atoms with E-state index in [4.69, 9.17) is 16.3 Å². The Kier molecular flexibility index (Phi) is 5.81. The van der Waals surface area contributed by atoms with Gasteiger partial charge in [-0.15, -0.1) is 0 Å². The quantitative estimate of drug-likeness (QED) is 0.471. The molecule has 0 spiro atoms. The minimum absolute atomic E-state index is 0.00565. The molecule has 0 aliphatic heterocycles. The number of aromatic nitrogens is 1. The Hall–Kier alpha value is -1.77. The fourth-order valence-corrected chi connectivity index (χ4v) is 1.72. The monoisotopic (exact) mass is 303 g/mol. The van der Waals surface area contributed by atoms with Crippen LogP contribution in [0.2, 0.25) is 5.15 Å². The molecule has 1 aromatic heterocycles. The Morgan fingerprint density at radius 1 is 1.70 bits per heavy atom. The van der Waals surface area contributed by atoms with Gasteiger partial charge in [-0.25, -0.2) is 4.98 Å². The molecule has 0 aliphatic carbocycles. The number of carbonyl (C=O) groups excluding carboxylic acids is 1. The number of halogens is 1. The molecule has 0 aromatic carbocycles. The van der Waals surface area contributed by atoms with Crippen molar-refractivity contribution in [2.45, 2.75) is 6.10 Å². The third-order valence-corrected chi connectivity index (χ3v) is 2.76. The molecule has 0 saturated carbocycles. The molecule has 1 aromatic rings. The number of ether oxygens (including phenoxy) is 1. The summed E-state index contributed by atoms with van der Waals surface area (Å²) in [5.74, 6) is -0.568. The highest BCUT2D eigenvalue weighted by Crippen LogP contribution is 2.20. The van der Waals surface area contributed by atoms with Crippen molar-refractivity contribution in [1.82, 2.24) is 9.88 Å². The normalized spacial score (nSPS) is 12.0. The third kappa shape index (κ3) is 4.12. The van der Waals surface area contributed by atoms with Crippen molar-refractivity contribution in [3.63, 3.8) is 0 Å². The zero-order valence-electron chi connectivity index (χ0n) is 10.9. The summed E-state index contributed by atoms with van der Waals surface area (Å²) in [7, 11) is 2.86. The predicted octanol–water partition coefficient (Wildman–Crippen LogP) is 0.722. The smallest absolute Gasteiger partial charge is 0.288 e. The summed E-state index contributed by atoms with van der Waals surface area (Å²) >= 11 is 5.77. The van der Waals surface area contributed by atoms with Crippen molar-refractivity contribution in [3.8, 4) is 0 Å². The van der Waals surface area contributed by atoms with Crippen LogP contribution in [0.25, 0.3) is 0 Å². The first-order chi connectivity index (χ1) is 9.36. The average molecular weight is 304 g/mol. The van der Waals surface area contributed by atoms with Gasteiger partial charge in [0.05, 0.1) is 23.2 Å². The molecule has 1 N–H and O–H groups in total. The first-order valence-corrected chi connectivity index (χ1v) is 5.97. The number of amides is 1. The fraction of sp³-hybridized carbons (Fsp3) is 0.455. The number of likely N-dealkylation sites (N-methyl/N-ethyl adjacent to an activating group) is 1. The number of nitro groups is 1. The molecule has 1 amide bonds. The topological polar surface area (TPSA) is 106 Å². The van der Waals surface area contributed by atoms with Crippen molar-refractivity contribution in [2.75, 3.05) is 27.3 Å². The van der Waals surface area contributed by atoms with E-state index in [2.05, 4.69) is 4.98 Å². The molecule has 1 atom stereocenters. The number of nitrogens with zero attached hydrogens (tertiary/aromatic N) is 3. The molecule has 110 valence electrons. The van der Waals surface area contributed by atoms with E-state index in [0.29, 0.717) is 0 Å². The molecule has 8 nitrogen and oxygen atoms in total. The predicted molar refractivity (Wildman–Crippen MR) is 70.7 cm³/mol. The molecule has 0 saturated heterocycles. The van der Waals surface area contributed by atoms with E-state index in [-0.39, 0.29) is 29.6 Å². The number of aliphatic hydroxyl groups excluding tert-OH is 1. The van der Waals surface area contributed by atoms with Crippen LogP contribution in [0.4, 0.5) is 5.69 Å². The van der Waals surface area contributed by atoms with Gasteiger partial charge in [0, 0.05) is 26.8 Å². The maximum atomic E-state index is 12.1. The number of pyridine rings is 1. The summed E-state index contributed by atoms with van der Waals surface area (Å²) in [6, 6.07) is 1.05. The number of rotatable bonds is 6. The van der Waals surface area contributed by atoms with E-state index in [1.165, 1.54) is 19.1 Å². The number of methoxy groups -OCH3 is 1. The summed E-state index contributed by atoms with van der Waals surface area (Å²) in [5, 5.41) is 20.1. The lowest BCUT2D eigenvalue weighted by Crippen LogP contribution is -2.36. The molecular formula is C11H14ClN3O5. The summed E-state index contributed by atoms with van der Waals surface area (Å²) in [4.78, 5) is 26.9. The molecule has 9 heteroatoms. The van der Waals surface area contributed by atoms with Crippen LogP contribution >= 0.6 is 11.6 Å². The van der Waals surface area contributed by atoms with Crippen molar-refractivity contribution < 1.29 is 19.6 Å². The Morgan fingerprint density at radius 3 is 2.90 bits per heavy atom. The van der Waals surface area contributed by atoms with Crippen molar-refractivity contribution in [2.24, 2.45) is 0 Å². The highest BCUT2D eigenvalue weighted by Gasteiger charge is 2.21. The number of carbonyl (C=O) groups is 1. The van der Waals surface area contributed by atoms with Crippen LogP contribution in [0.1, 0.15) is 10.4 Å². The van der Waals surface area contributed by atoms with Gasteiger partial charge in [0.25, 0.3) is 11.6 Å². The third-order valence-electron chi connectivity index (χ3n) is 2.46. The van der Waals surface area contributed by atoms with Crippen molar-refractivity contribution in [1.29, 1.82) is 0 Å². The summed E-state index contributed by atoms with van der Waals surface area (Å²) in [6.45, 7) is 0.0736. The molecule has 0 aliphatic rings. The Bertz CT molecular complexity index is 511. The number of hydrogen-bond acceptors (Lipinski definition) is 6. The second-order valence-corrected chi connectivity index (χ2v) is 4.44. The Labute approximate surface area is 120 Å². The maximum absolute atomic E-state index is 12.1. The van der Waals surface area contributed by atoms with E-state index in [0.717, 1.165) is 12.3 Å². The molecular weight excluding hydrogens is 290 g/mol. The van der Waals surface area contributed by atoms with Crippen LogP contribution in [0.15, 0.2) is 12.3 Å². The first kappa shape index (κ1) is 16.3.